The summed E-state index contributed by atoms with van der Waals surface area (Å²) in [5, 5.41) is 0. The van der Waals surface area contributed by atoms with Crippen molar-refractivity contribution >= 4 is 6.47 Å². The number of hydrogen-bond acceptors (Lipinski definition) is 3. The topological polar surface area (TPSA) is 35.5 Å². The van der Waals surface area contributed by atoms with Crippen LogP contribution in [0, 0.1) is 17.3 Å². The summed E-state index contributed by atoms with van der Waals surface area (Å²) in [4.78, 5) is 10.9. The van der Waals surface area contributed by atoms with Crippen molar-refractivity contribution in [2.45, 2.75) is 70.5 Å². The Labute approximate surface area is 116 Å². The Morgan fingerprint density at radius 2 is 1.89 bits per heavy atom. The van der Waals surface area contributed by atoms with E-state index in [4.69, 9.17) is 9.47 Å². The number of carbonyl (C=O) groups excluding carboxylic acids is 1. The quantitative estimate of drug-likeness (QED) is 0.719. The van der Waals surface area contributed by atoms with Crippen LogP contribution in [-0.2, 0) is 14.3 Å². The van der Waals surface area contributed by atoms with Crippen molar-refractivity contribution < 1.29 is 14.3 Å². The molecule has 0 bridgehead atoms. The molecule has 3 rings (SSSR count). The first kappa shape index (κ1) is 13.4. The Balaban J connectivity index is 1.95. The molecule has 3 nitrogen and oxygen atoms in total. The van der Waals surface area contributed by atoms with Crippen LogP contribution >= 0.6 is 0 Å². The van der Waals surface area contributed by atoms with Crippen LogP contribution in [0.1, 0.15) is 59.3 Å². The van der Waals surface area contributed by atoms with Gasteiger partial charge in [-0.25, -0.2) is 0 Å². The van der Waals surface area contributed by atoms with Crippen molar-refractivity contribution in [3.8, 4) is 0 Å². The maximum atomic E-state index is 10.9. The first-order valence-corrected chi connectivity index (χ1v) is 7.70. The minimum Gasteiger partial charge on any atom is -0.461 e. The van der Waals surface area contributed by atoms with Crippen molar-refractivity contribution in [3.05, 3.63) is 0 Å². The van der Waals surface area contributed by atoms with E-state index >= 15 is 0 Å². The van der Waals surface area contributed by atoms with Crippen LogP contribution in [0.5, 0.6) is 0 Å². The lowest BCUT2D eigenvalue weighted by Gasteiger charge is -2.59. The first-order valence-electron chi connectivity index (χ1n) is 7.70. The molecule has 0 spiro atoms. The number of fused-ring (bicyclic) bond motifs is 3. The maximum Gasteiger partial charge on any atom is 0.293 e. The standard InChI is InChI=1S/C16H26O3/c1-14-7-4-8-15(2,19-11-17)12(14)5-9-16(3)13(14)6-10-18-16/h11-13H,4-10H2,1-3H3/t12-,13-,14+,15+,16-/m1/s1. The van der Waals surface area contributed by atoms with Crippen LogP contribution in [0.2, 0.25) is 0 Å². The Bertz CT molecular complexity index is 382. The summed E-state index contributed by atoms with van der Waals surface area (Å²) in [7, 11) is 0. The van der Waals surface area contributed by atoms with E-state index in [0.717, 1.165) is 32.3 Å². The fourth-order valence-corrected chi connectivity index (χ4v) is 5.69. The highest BCUT2D eigenvalue weighted by molar-refractivity contribution is 5.38. The van der Waals surface area contributed by atoms with Gasteiger partial charge in [-0.05, 0) is 63.7 Å². The molecule has 0 amide bonds. The minimum atomic E-state index is -0.265. The average Bonchev–Trinajstić information content (AvgIpc) is 2.72. The summed E-state index contributed by atoms with van der Waals surface area (Å²) in [5.41, 5.74) is 0.0584. The van der Waals surface area contributed by atoms with Crippen molar-refractivity contribution in [1.29, 1.82) is 0 Å². The van der Waals surface area contributed by atoms with Gasteiger partial charge in [-0.15, -0.1) is 0 Å². The van der Waals surface area contributed by atoms with Gasteiger partial charge in [0.25, 0.3) is 6.47 Å². The second kappa shape index (κ2) is 4.21. The highest BCUT2D eigenvalue weighted by Crippen LogP contribution is 2.63. The maximum absolute atomic E-state index is 10.9. The highest BCUT2D eigenvalue weighted by atomic mass is 16.5. The van der Waals surface area contributed by atoms with Gasteiger partial charge in [-0.3, -0.25) is 4.79 Å². The number of hydrogen-bond donors (Lipinski definition) is 0. The molecule has 19 heavy (non-hydrogen) atoms. The number of rotatable bonds is 2. The van der Waals surface area contributed by atoms with Gasteiger partial charge in [-0.1, -0.05) is 6.92 Å². The van der Waals surface area contributed by atoms with Crippen LogP contribution in [0.15, 0.2) is 0 Å². The third kappa shape index (κ3) is 1.77. The summed E-state index contributed by atoms with van der Waals surface area (Å²) < 4.78 is 11.6. The fourth-order valence-electron chi connectivity index (χ4n) is 5.69. The molecule has 5 atom stereocenters. The normalized spacial score (nSPS) is 53.2. The SMILES string of the molecule is C[C@]12CCC[C@](C)(OC=O)[C@@H]1CC[C@@]1(C)OCC[C@H]21. The molecule has 0 radical (unpaired) electrons. The highest BCUT2D eigenvalue weighted by Gasteiger charge is 2.62. The molecule has 3 heteroatoms. The Morgan fingerprint density at radius 3 is 2.63 bits per heavy atom. The van der Waals surface area contributed by atoms with Gasteiger partial charge < -0.3 is 9.47 Å². The van der Waals surface area contributed by atoms with Crippen molar-refractivity contribution in [3.63, 3.8) is 0 Å². The van der Waals surface area contributed by atoms with E-state index in [1.165, 1.54) is 12.8 Å². The molecular formula is C16H26O3. The number of ether oxygens (including phenoxy) is 2. The summed E-state index contributed by atoms with van der Waals surface area (Å²) in [5.74, 6) is 1.10. The Hall–Kier alpha value is -0.570. The van der Waals surface area contributed by atoms with Gasteiger partial charge in [0, 0.05) is 12.5 Å². The van der Waals surface area contributed by atoms with Crippen LogP contribution in [0.4, 0.5) is 0 Å². The van der Waals surface area contributed by atoms with E-state index in [9.17, 15) is 4.79 Å². The zero-order valence-electron chi connectivity index (χ0n) is 12.4. The molecule has 108 valence electrons. The molecule has 0 unspecified atom stereocenters. The molecule has 2 saturated carbocycles. The molecule has 0 aromatic rings. The zero-order chi connectivity index (χ0) is 13.7. The molecule has 2 aliphatic carbocycles. The average molecular weight is 266 g/mol. The molecule has 0 aromatic heterocycles. The van der Waals surface area contributed by atoms with Gasteiger partial charge in [0.1, 0.15) is 5.60 Å². The van der Waals surface area contributed by atoms with Gasteiger partial charge in [0.2, 0.25) is 0 Å². The van der Waals surface area contributed by atoms with Gasteiger partial charge in [0.15, 0.2) is 0 Å². The van der Waals surface area contributed by atoms with Crippen molar-refractivity contribution in [2.24, 2.45) is 17.3 Å². The van der Waals surface area contributed by atoms with E-state index in [1.54, 1.807) is 0 Å². The summed E-state index contributed by atoms with van der Waals surface area (Å²) in [6.07, 6.45) is 6.81. The zero-order valence-corrected chi connectivity index (χ0v) is 12.4. The third-order valence-electron chi connectivity index (χ3n) is 6.54. The molecule has 1 aliphatic heterocycles. The third-order valence-corrected chi connectivity index (χ3v) is 6.54. The van der Waals surface area contributed by atoms with Gasteiger partial charge >= 0.3 is 0 Å². The predicted molar refractivity (Wildman–Crippen MR) is 72.7 cm³/mol. The molecule has 0 aromatic carbocycles. The summed E-state index contributed by atoms with van der Waals surface area (Å²) in [6, 6.07) is 0. The van der Waals surface area contributed by atoms with Crippen LogP contribution in [0.3, 0.4) is 0 Å². The van der Waals surface area contributed by atoms with E-state index < -0.39 is 0 Å². The smallest absolute Gasteiger partial charge is 0.293 e. The lowest BCUT2D eigenvalue weighted by atomic mass is 9.48. The number of carbonyl (C=O) groups is 1. The van der Waals surface area contributed by atoms with E-state index in [1.807, 2.05) is 0 Å². The Morgan fingerprint density at radius 1 is 1.11 bits per heavy atom. The van der Waals surface area contributed by atoms with Gasteiger partial charge in [0.05, 0.1) is 5.60 Å². The fraction of sp³-hybridized carbons (Fsp3) is 0.938. The lowest BCUT2D eigenvalue weighted by Crippen LogP contribution is -2.59. The second-order valence-corrected chi connectivity index (χ2v) is 7.48. The second-order valence-electron chi connectivity index (χ2n) is 7.48. The van der Waals surface area contributed by atoms with Crippen molar-refractivity contribution in [2.75, 3.05) is 6.61 Å². The van der Waals surface area contributed by atoms with Crippen LogP contribution < -0.4 is 0 Å². The van der Waals surface area contributed by atoms with Crippen LogP contribution in [0.25, 0.3) is 0 Å². The molecule has 0 N–H and O–H groups in total. The predicted octanol–water partition coefficient (Wildman–Crippen LogP) is 3.31. The summed E-state index contributed by atoms with van der Waals surface area (Å²) in [6.45, 7) is 8.40. The van der Waals surface area contributed by atoms with Crippen molar-refractivity contribution in [1.82, 2.24) is 0 Å². The molecular weight excluding hydrogens is 240 g/mol. The Kier molecular flexibility index (Phi) is 2.97. The largest absolute Gasteiger partial charge is 0.461 e. The van der Waals surface area contributed by atoms with E-state index in [-0.39, 0.29) is 16.6 Å². The van der Waals surface area contributed by atoms with E-state index in [2.05, 4.69) is 20.8 Å². The molecule has 3 fully saturated rings. The van der Waals surface area contributed by atoms with Crippen LogP contribution in [-0.4, -0.2) is 24.3 Å². The first-order chi connectivity index (χ1) is 8.95. The van der Waals surface area contributed by atoms with E-state index in [0.29, 0.717) is 18.3 Å². The lowest BCUT2D eigenvalue weighted by molar-refractivity contribution is -0.195. The summed E-state index contributed by atoms with van der Waals surface area (Å²) >= 11 is 0. The monoisotopic (exact) mass is 266 g/mol. The molecule has 1 heterocycles. The van der Waals surface area contributed by atoms with Gasteiger partial charge in [-0.2, -0.15) is 0 Å². The molecule has 1 saturated heterocycles. The molecule has 3 aliphatic rings. The minimum absolute atomic E-state index is 0.0602.